The minimum Gasteiger partial charge on any atom is -0.337 e. The largest absolute Gasteiger partial charge is 0.337 e. The van der Waals surface area contributed by atoms with E-state index in [1.165, 1.54) is 23.4 Å². The molecule has 1 aromatic carbocycles. The Bertz CT molecular complexity index is 980. The summed E-state index contributed by atoms with van der Waals surface area (Å²) in [5, 5.41) is 8.47. The summed E-state index contributed by atoms with van der Waals surface area (Å²) in [5.74, 6) is 0.869. The quantitative estimate of drug-likeness (QED) is 0.710. The lowest BCUT2D eigenvalue weighted by Crippen LogP contribution is -2.46. The van der Waals surface area contributed by atoms with Crippen molar-refractivity contribution in [1.29, 1.82) is 0 Å². The van der Waals surface area contributed by atoms with Crippen LogP contribution in [0.4, 0.5) is 4.39 Å². The molecule has 0 saturated carbocycles. The molecule has 3 aromatic rings. The summed E-state index contributed by atoms with van der Waals surface area (Å²) < 4.78 is 17.5. The molecule has 5 rings (SSSR count). The molecule has 1 unspecified atom stereocenters. The van der Waals surface area contributed by atoms with Gasteiger partial charge in [0.15, 0.2) is 0 Å². The lowest BCUT2D eigenvalue weighted by Gasteiger charge is -2.35. The van der Waals surface area contributed by atoms with Crippen molar-refractivity contribution in [2.75, 3.05) is 19.6 Å². The number of halogens is 2. The van der Waals surface area contributed by atoms with Crippen LogP contribution >= 0.6 is 12.4 Å². The molecular formula is C21H26ClFN6. The Morgan fingerprint density at radius 3 is 2.79 bits per heavy atom. The number of aryl methyl sites for hydroxylation is 1. The summed E-state index contributed by atoms with van der Waals surface area (Å²) >= 11 is 0. The zero-order valence-electron chi connectivity index (χ0n) is 16.5. The van der Waals surface area contributed by atoms with E-state index in [4.69, 9.17) is 5.10 Å². The number of hydrogen-bond donors (Lipinski definition) is 1. The Kier molecular flexibility index (Phi) is 5.72. The van der Waals surface area contributed by atoms with Gasteiger partial charge < -0.3 is 9.88 Å². The number of nitrogens with one attached hydrogen (secondary N) is 1. The van der Waals surface area contributed by atoms with Crippen molar-refractivity contribution < 1.29 is 4.39 Å². The minimum atomic E-state index is -0.216. The van der Waals surface area contributed by atoms with Crippen LogP contribution in [0, 0.1) is 5.82 Å². The van der Waals surface area contributed by atoms with Crippen LogP contribution in [0.3, 0.4) is 0 Å². The monoisotopic (exact) mass is 416 g/mol. The van der Waals surface area contributed by atoms with Gasteiger partial charge >= 0.3 is 0 Å². The van der Waals surface area contributed by atoms with Gasteiger partial charge in [0, 0.05) is 51.3 Å². The fourth-order valence-corrected chi connectivity index (χ4v) is 4.52. The van der Waals surface area contributed by atoms with Crippen LogP contribution in [0.1, 0.15) is 35.2 Å². The molecule has 1 N–H and O–H groups in total. The van der Waals surface area contributed by atoms with E-state index in [9.17, 15) is 4.39 Å². The highest BCUT2D eigenvalue weighted by molar-refractivity contribution is 5.85. The Balaban J connectivity index is 0.00000205. The van der Waals surface area contributed by atoms with Gasteiger partial charge in [-0.15, -0.1) is 12.4 Å². The molecule has 0 radical (unpaired) electrons. The fraction of sp³-hybridized carbons (Fsp3) is 0.429. The number of piperazine rings is 1. The molecule has 1 saturated heterocycles. The molecule has 1 fully saturated rings. The highest BCUT2D eigenvalue weighted by Crippen LogP contribution is 2.30. The Hall–Kier alpha value is -2.22. The first-order valence-corrected chi connectivity index (χ1v) is 9.98. The highest BCUT2D eigenvalue weighted by Gasteiger charge is 2.30. The van der Waals surface area contributed by atoms with Crippen molar-refractivity contribution in [2.45, 2.75) is 31.8 Å². The van der Waals surface area contributed by atoms with E-state index in [0.29, 0.717) is 0 Å². The maximum Gasteiger partial charge on any atom is 0.127 e. The molecule has 1 atom stereocenters. The van der Waals surface area contributed by atoms with Gasteiger partial charge in [-0.05, 0) is 49.1 Å². The Morgan fingerprint density at radius 2 is 2.03 bits per heavy atom. The number of hydrogen-bond acceptors (Lipinski definition) is 4. The van der Waals surface area contributed by atoms with Crippen LogP contribution in [0.25, 0.3) is 5.69 Å². The highest BCUT2D eigenvalue weighted by atomic mass is 35.5. The van der Waals surface area contributed by atoms with E-state index >= 15 is 0 Å². The van der Waals surface area contributed by atoms with Crippen molar-refractivity contribution in [3.05, 3.63) is 65.3 Å². The van der Waals surface area contributed by atoms with Crippen molar-refractivity contribution in [3.8, 4) is 5.69 Å². The van der Waals surface area contributed by atoms with E-state index in [-0.39, 0.29) is 24.3 Å². The summed E-state index contributed by atoms with van der Waals surface area (Å²) in [7, 11) is 2.05. The van der Waals surface area contributed by atoms with Crippen molar-refractivity contribution >= 4 is 12.4 Å². The van der Waals surface area contributed by atoms with Crippen molar-refractivity contribution in [3.63, 3.8) is 0 Å². The van der Waals surface area contributed by atoms with Gasteiger partial charge in [0.05, 0.1) is 17.4 Å². The van der Waals surface area contributed by atoms with E-state index in [1.807, 2.05) is 29.2 Å². The van der Waals surface area contributed by atoms with Crippen LogP contribution in [-0.2, 0) is 26.4 Å². The molecule has 6 nitrogen and oxygen atoms in total. The first-order chi connectivity index (χ1) is 13.7. The third-order valence-electron chi connectivity index (χ3n) is 5.95. The molecule has 154 valence electrons. The zero-order chi connectivity index (χ0) is 19.1. The molecule has 0 amide bonds. The summed E-state index contributed by atoms with van der Waals surface area (Å²) in [6.07, 6.45) is 7.13. The minimum absolute atomic E-state index is 0. The van der Waals surface area contributed by atoms with Crippen LogP contribution in [-0.4, -0.2) is 43.9 Å². The summed E-state index contributed by atoms with van der Waals surface area (Å²) in [6.45, 7) is 3.65. The first kappa shape index (κ1) is 20.1. The average molecular weight is 417 g/mol. The second-order valence-corrected chi connectivity index (χ2v) is 7.70. The molecular weight excluding hydrogens is 391 g/mol. The number of fused-ring (bicyclic) bond motifs is 1. The lowest BCUT2D eigenvalue weighted by molar-refractivity contribution is 0.142. The van der Waals surface area contributed by atoms with Gasteiger partial charge in [0.1, 0.15) is 11.6 Å². The number of imidazole rings is 1. The smallest absolute Gasteiger partial charge is 0.127 e. The predicted molar refractivity (Wildman–Crippen MR) is 112 cm³/mol. The van der Waals surface area contributed by atoms with Gasteiger partial charge in [-0.25, -0.2) is 14.1 Å². The number of nitrogens with zero attached hydrogens (tertiary/aromatic N) is 5. The SMILES string of the molecule is Cl.Cn1ccnc1C1CNCCN1Cc1nn(-c2ccc(F)cc2)c2c1CCC2. The topological polar surface area (TPSA) is 50.9 Å². The molecule has 0 bridgehead atoms. The standard InChI is InChI=1S/C21H25FN6.ClH/c1-26-11-10-24-21(26)20-13-23-9-12-27(20)14-18-17-3-2-4-19(17)28(25-18)16-7-5-15(22)6-8-16;/h5-8,10-11,20,23H,2-4,9,12-14H2,1H3;1H. The van der Waals surface area contributed by atoms with Gasteiger partial charge in [0.2, 0.25) is 0 Å². The third kappa shape index (κ3) is 3.70. The van der Waals surface area contributed by atoms with Crippen LogP contribution in [0.15, 0.2) is 36.7 Å². The van der Waals surface area contributed by atoms with E-state index in [0.717, 1.165) is 62.6 Å². The molecule has 2 aromatic heterocycles. The molecule has 0 spiro atoms. The second kappa shape index (κ2) is 8.26. The first-order valence-electron chi connectivity index (χ1n) is 9.98. The lowest BCUT2D eigenvalue weighted by atomic mass is 10.1. The van der Waals surface area contributed by atoms with Gasteiger partial charge in [-0.2, -0.15) is 5.10 Å². The number of benzene rings is 1. The summed E-state index contributed by atoms with van der Waals surface area (Å²) in [6, 6.07) is 6.87. The Morgan fingerprint density at radius 1 is 1.21 bits per heavy atom. The van der Waals surface area contributed by atoms with Crippen molar-refractivity contribution in [1.82, 2.24) is 29.5 Å². The molecule has 2 aliphatic rings. The van der Waals surface area contributed by atoms with Gasteiger partial charge in [-0.3, -0.25) is 4.90 Å². The van der Waals surface area contributed by atoms with E-state index < -0.39 is 0 Å². The van der Waals surface area contributed by atoms with Gasteiger partial charge in [0.25, 0.3) is 0 Å². The van der Waals surface area contributed by atoms with Crippen LogP contribution in [0.5, 0.6) is 0 Å². The average Bonchev–Trinajstić information content (AvgIpc) is 3.41. The molecule has 29 heavy (non-hydrogen) atoms. The number of rotatable bonds is 4. The van der Waals surface area contributed by atoms with E-state index in [2.05, 4.69) is 26.8 Å². The second-order valence-electron chi connectivity index (χ2n) is 7.70. The van der Waals surface area contributed by atoms with Gasteiger partial charge in [-0.1, -0.05) is 0 Å². The van der Waals surface area contributed by atoms with E-state index in [1.54, 1.807) is 0 Å². The van der Waals surface area contributed by atoms with Crippen molar-refractivity contribution in [2.24, 2.45) is 7.05 Å². The molecule has 3 heterocycles. The molecule has 8 heteroatoms. The predicted octanol–water partition coefficient (Wildman–Crippen LogP) is 2.80. The normalized spacial score (nSPS) is 19.2. The number of aromatic nitrogens is 4. The van der Waals surface area contributed by atoms with Crippen LogP contribution < -0.4 is 5.32 Å². The van der Waals surface area contributed by atoms with Crippen LogP contribution in [0.2, 0.25) is 0 Å². The summed E-state index contributed by atoms with van der Waals surface area (Å²) in [5.41, 5.74) is 4.75. The molecule has 1 aliphatic heterocycles. The maximum absolute atomic E-state index is 13.4. The summed E-state index contributed by atoms with van der Waals surface area (Å²) in [4.78, 5) is 7.07. The zero-order valence-corrected chi connectivity index (χ0v) is 17.3. The third-order valence-corrected chi connectivity index (χ3v) is 5.95. The maximum atomic E-state index is 13.4. The fourth-order valence-electron chi connectivity index (χ4n) is 4.52. The molecule has 1 aliphatic carbocycles. The Labute approximate surface area is 176 Å².